The van der Waals surface area contributed by atoms with Crippen LogP contribution in [0.5, 0.6) is 0 Å². The van der Waals surface area contributed by atoms with Crippen molar-refractivity contribution >= 4 is 34.4 Å². The molecule has 3 aromatic rings. The highest BCUT2D eigenvalue weighted by atomic mass is 32.2. The van der Waals surface area contributed by atoms with Crippen LogP contribution in [-0.4, -0.2) is 7.05 Å². The number of hydrogen-bond acceptors (Lipinski definition) is 2. The minimum Gasteiger partial charge on any atom is -0.338 e. The van der Waals surface area contributed by atoms with Gasteiger partial charge in [-0.15, -0.1) is 0 Å². The van der Waals surface area contributed by atoms with E-state index in [2.05, 4.69) is 91.2 Å². The third kappa shape index (κ3) is 3.81. The van der Waals surface area contributed by atoms with E-state index in [1.807, 2.05) is 11.8 Å². The summed E-state index contributed by atoms with van der Waals surface area (Å²) in [5.74, 6) is 0. The van der Waals surface area contributed by atoms with Crippen LogP contribution in [0.25, 0.3) is 17.0 Å². The zero-order valence-corrected chi connectivity index (χ0v) is 17.9. The van der Waals surface area contributed by atoms with Crippen molar-refractivity contribution in [2.45, 2.75) is 51.0 Å². The normalized spacial score (nSPS) is 14.8. The fraction of sp³-hybridized carbons (Fsp3) is 0.320. The van der Waals surface area contributed by atoms with Gasteiger partial charge in [-0.2, -0.15) is 4.57 Å². The van der Waals surface area contributed by atoms with Crippen LogP contribution >= 0.6 is 11.8 Å². The van der Waals surface area contributed by atoms with E-state index in [9.17, 15) is 0 Å². The molecule has 0 aliphatic carbocycles. The Hall–Kier alpha value is -2.26. The molecular weight excluding hydrogens is 360 g/mol. The van der Waals surface area contributed by atoms with Crippen molar-refractivity contribution in [1.82, 2.24) is 0 Å². The molecule has 2 aromatic carbocycles. The number of pyridine rings is 1. The number of anilines is 1. The van der Waals surface area contributed by atoms with Crippen LogP contribution in [0.1, 0.15) is 43.7 Å². The van der Waals surface area contributed by atoms with E-state index in [-0.39, 0.29) is 0 Å². The van der Waals surface area contributed by atoms with Gasteiger partial charge in [0.2, 0.25) is 5.52 Å². The molecule has 2 nitrogen and oxygen atoms in total. The van der Waals surface area contributed by atoms with Gasteiger partial charge in [0.15, 0.2) is 6.20 Å². The highest BCUT2D eigenvalue weighted by Gasteiger charge is 2.22. The first-order valence-electron chi connectivity index (χ1n) is 10.3. The number of nitrogens with zero attached hydrogens (tertiary/aromatic N) is 2. The Morgan fingerprint density at radius 3 is 2.75 bits per heavy atom. The van der Waals surface area contributed by atoms with Crippen molar-refractivity contribution in [2.75, 3.05) is 11.9 Å². The Bertz CT molecular complexity index is 1020. The molecule has 0 saturated carbocycles. The van der Waals surface area contributed by atoms with Crippen molar-refractivity contribution in [3.8, 4) is 0 Å². The molecule has 0 spiro atoms. The molecule has 28 heavy (non-hydrogen) atoms. The van der Waals surface area contributed by atoms with Crippen LogP contribution < -0.4 is 9.47 Å². The number of aromatic nitrogens is 1. The molecule has 1 aliphatic rings. The summed E-state index contributed by atoms with van der Waals surface area (Å²) < 4.78 is 2.41. The fourth-order valence-electron chi connectivity index (χ4n) is 3.88. The minimum atomic E-state index is 1.09. The summed E-state index contributed by atoms with van der Waals surface area (Å²) in [6.07, 6.45) is 9.76. The van der Waals surface area contributed by atoms with Gasteiger partial charge >= 0.3 is 0 Å². The van der Waals surface area contributed by atoms with Crippen molar-refractivity contribution in [3.05, 3.63) is 70.9 Å². The molecular formula is C25H29N2S+. The average Bonchev–Trinajstić information content (AvgIpc) is 3.01. The van der Waals surface area contributed by atoms with E-state index < -0.39 is 0 Å². The largest absolute Gasteiger partial charge is 0.338 e. The molecule has 0 amide bonds. The van der Waals surface area contributed by atoms with Crippen LogP contribution in [0, 0.1) is 6.92 Å². The van der Waals surface area contributed by atoms with E-state index in [0.29, 0.717) is 0 Å². The zero-order chi connectivity index (χ0) is 19.5. The summed E-state index contributed by atoms with van der Waals surface area (Å²) in [7, 11) is 2.17. The summed E-state index contributed by atoms with van der Waals surface area (Å²) in [5, 5.41) is 2.61. The summed E-state index contributed by atoms with van der Waals surface area (Å²) in [5.41, 5.74) is 5.23. The summed E-state index contributed by atoms with van der Waals surface area (Å²) in [6.45, 7) is 5.52. The molecule has 4 rings (SSSR count). The first kappa shape index (κ1) is 19.1. The minimum absolute atomic E-state index is 1.09. The third-order valence-electron chi connectivity index (χ3n) is 5.51. The Balaban J connectivity index is 1.66. The van der Waals surface area contributed by atoms with E-state index in [1.54, 1.807) is 0 Å². The molecule has 0 fully saturated rings. The molecule has 0 bridgehead atoms. The summed E-state index contributed by atoms with van der Waals surface area (Å²) >= 11 is 1.87. The number of rotatable bonds is 6. The SMILES string of the molecule is CCCCCC[n+]1ccc(C=C2Sc3cc(C)ccc3N2C)c2ccccc21. The van der Waals surface area contributed by atoms with Crippen LogP contribution in [0.2, 0.25) is 0 Å². The molecule has 0 N–H and O–H groups in total. The Morgan fingerprint density at radius 2 is 1.89 bits per heavy atom. The van der Waals surface area contributed by atoms with Crippen molar-refractivity contribution < 1.29 is 4.57 Å². The van der Waals surface area contributed by atoms with Gasteiger partial charge in [0.25, 0.3) is 0 Å². The topological polar surface area (TPSA) is 7.12 Å². The predicted molar refractivity (Wildman–Crippen MR) is 122 cm³/mol. The number of hydrogen-bond donors (Lipinski definition) is 0. The maximum Gasteiger partial charge on any atom is 0.213 e. The maximum atomic E-state index is 2.41. The van der Waals surface area contributed by atoms with Gasteiger partial charge in [-0.05, 0) is 48.7 Å². The van der Waals surface area contributed by atoms with Gasteiger partial charge < -0.3 is 4.90 Å². The van der Waals surface area contributed by atoms with E-state index >= 15 is 0 Å². The van der Waals surface area contributed by atoms with Crippen molar-refractivity contribution in [1.29, 1.82) is 0 Å². The van der Waals surface area contributed by atoms with Gasteiger partial charge in [0.05, 0.1) is 16.1 Å². The third-order valence-corrected chi connectivity index (χ3v) is 6.66. The second-order valence-corrected chi connectivity index (χ2v) is 8.72. The molecule has 0 unspecified atom stereocenters. The molecule has 1 aliphatic heterocycles. The molecule has 2 heterocycles. The molecule has 144 valence electrons. The van der Waals surface area contributed by atoms with E-state index in [4.69, 9.17) is 0 Å². The summed E-state index contributed by atoms with van der Waals surface area (Å²) in [4.78, 5) is 3.65. The molecule has 0 saturated heterocycles. The Morgan fingerprint density at radius 1 is 1.04 bits per heavy atom. The molecule has 0 radical (unpaired) electrons. The second kappa shape index (κ2) is 8.40. The van der Waals surface area contributed by atoms with E-state index in [1.165, 1.54) is 63.3 Å². The number of unbranched alkanes of at least 4 members (excludes halogenated alkanes) is 3. The standard InChI is InChI=1S/C25H29N2S/c1-4-5-6-9-15-27-16-14-20(21-10-7-8-11-22(21)27)18-25-26(3)23-13-12-19(2)17-24(23)28-25/h7-8,10-14,16-18H,4-6,9,15H2,1-3H3/q+1. The first-order chi connectivity index (χ1) is 13.7. The fourth-order valence-corrected chi connectivity index (χ4v) is 5.08. The second-order valence-electron chi connectivity index (χ2n) is 7.66. The highest BCUT2D eigenvalue weighted by molar-refractivity contribution is 8.03. The zero-order valence-electron chi connectivity index (χ0n) is 17.1. The highest BCUT2D eigenvalue weighted by Crippen LogP contribution is 2.46. The van der Waals surface area contributed by atoms with Gasteiger partial charge in [-0.25, -0.2) is 0 Å². The number of thioether (sulfide) groups is 1. The first-order valence-corrected chi connectivity index (χ1v) is 11.1. The smallest absolute Gasteiger partial charge is 0.213 e. The lowest BCUT2D eigenvalue weighted by Crippen LogP contribution is -2.34. The lowest BCUT2D eigenvalue weighted by molar-refractivity contribution is -0.671. The molecule has 1 aromatic heterocycles. The lowest BCUT2D eigenvalue weighted by atomic mass is 10.1. The Labute approximate surface area is 172 Å². The quantitative estimate of drug-likeness (QED) is 0.348. The predicted octanol–water partition coefficient (Wildman–Crippen LogP) is 6.56. The molecule has 3 heteroatoms. The van der Waals surface area contributed by atoms with Gasteiger partial charge in [-0.1, -0.05) is 49.7 Å². The van der Waals surface area contributed by atoms with Crippen LogP contribution in [0.3, 0.4) is 0 Å². The molecule has 0 atom stereocenters. The van der Waals surface area contributed by atoms with Gasteiger partial charge in [-0.3, -0.25) is 0 Å². The van der Waals surface area contributed by atoms with Crippen LogP contribution in [0.15, 0.2) is 64.7 Å². The van der Waals surface area contributed by atoms with Gasteiger partial charge in [0, 0.05) is 30.5 Å². The Kier molecular flexibility index (Phi) is 5.72. The van der Waals surface area contributed by atoms with E-state index in [0.717, 1.165) is 6.54 Å². The lowest BCUT2D eigenvalue weighted by Gasteiger charge is -2.14. The maximum absolute atomic E-state index is 2.41. The van der Waals surface area contributed by atoms with Gasteiger partial charge in [0.1, 0.15) is 6.54 Å². The number of aryl methyl sites for hydroxylation is 2. The van der Waals surface area contributed by atoms with Crippen molar-refractivity contribution in [2.24, 2.45) is 0 Å². The monoisotopic (exact) mass is 389 g/mol. The summed E-state index contributed by atoms with van der Waals surface area (Å²) in [6, 6.07) is 17.8. The number of fused-ring (bicyclic) bond motifs is 2. The number of para-hydroxylation sites is 1. The van der Waals surface area contributed by atoms with Crippen molar-refractivity contribution in [3.63, 3.8) is 0 Å². The van der Waals surface area contributed by atoms with Crippen LogP contribution in [-0.2, 0) is 6.54 Å². The average molecular weight is 390 g/mol. The number of benzene rings is 2. The van der Waals surface area contributed by atoms with Crippen LogP contribution in [0.4, 0.5) is 5.69 Å².